The first-order valence-electron chi connectivity index (χ1n) is 4.29. The van der Waals surface area contributed by atoms with Crippen LogP contribution in [-0.2, 0) is 6.42 Å². The van der Waals surface area contributed by atoms with Crippen LogP contribution in [0.1, 0.15) is 19.4 Å². The molecule has 0 heterocycles. The Balaban J connectivity index is 2.94. The van der Waals surface area contributed by atoms with Crippen LogP contribution in [-0.4, -0.2) is 6.61 Å². The monoisotopic (exact) mass is 165 g/mol. The predicted octanol–water partition coefficient (Wildman–Crippen LogP) is 2.23. The first kappa shape index (κ1) is 8.91. The van der Waals surface area contributed by atoms with E-state index >= 15 is 0 Å². The number of nitrogens with two attached hydrogens (primary N) is 1. The zero-order valence-electron chi connectivity index (χ0n) is 7.63. The molecular formula is C10H15NO. The fourth-order valence-corrected chi connectivity index (χ4v) is 1.17. The van der Waals surface area contributed by atoms with Gasteiger partial charge in [-0.05, 0) is 37.1 Å². The molecule has 0 radical (unpaired) electrons. The summed E-state index contributed by atoms with van der Waals surface area (Å²) < 4.78 is 5.43. The summed E-state index contributed by atoms with van der Waals surface area (Å²) in [5, 5.41) is 0. The lowest BCUT2D eigenvalue weighted by molar-refractivity contribution is 0.337. The van der Waals surface area contributed by atoms with E-state index in [9.17, 15) is 0 Å². The second-order valence-electron chi connectivity index (χ2n) is 2.65. The summed E-state index contributed by atoms with van der Waals surface area (Å²) in [6.45, 7) is 4.78. The minimum atomic E-state index is 0.705. The molecule has 0 aliphatic rings. The molecule has 0 aliphatic heterocycles. The van der Waals surface area contributed by atoms with Crippen LogP contribution in [0.3, 0.4) is 0 Å². The predicted molar refractivity (Wildman–Crippen MR) is 51.4 cm³/mol. The molecule has 0 amide bonds. The molecule has 0 atom stereocenters. The maximum atomic E-state index is 5.64. The minimum Gasteiger partial charge on any atom is -0.494 e. The second kappa shape index (κ2) is 4.00. The van der Waals surface area contributed by atoms with Gasteiger partial charge in [-0.1, -0.05) is 6.92 Å². The van der Waals surface area contributed by atoms with Gasteiger partial charge in [-0.2, -0.15) is 0 Å². The van der Waals surface area contributed by atoms with Gasteiger partial charge in [0.1, 0.15) is 5.75 Å². The average molecular weight is 165 g/mol. The van der Waals surface area contributed by atoms with Crippen LogP contribution >= 0.6 is 0 Å². The van der Waals surface area contributed by atoms with Gasteiger partial charge in [0, 0.05) is 5.69 Å². The van der Waals surface area contributed by atoms with E-state index in [-0.39, 0.29) is 0 Å². The molecule has 0 aromatic heterocycles. The number of ether oxygens (including phenoxy) is 1. The zero-order chi connectivity index (χ0) is 8.97. The van der Waals surface area contributed by atoms with Crippen molar-refractivity contribution in [3.8, 4) is 5.75 Å². The quantitative estimate of drug-likeness (QED) is 0.697. The van der Waals surface area contributed by atoms with E-state index in [1.165, 1.54) is 5.56 Å². The Morgan fingerprint density at radius 2 is 2.08 bits per heavy atom. The van der Waals surface area contributed by atoms with E-state index in [0.29, 0.717) is 6.61 Å². The lowest BCUT2D eigenvalue weighted by atomic mass is 10.1. The van der Waals surface area contributed by atoms with Gasteiger partial charge in [0.05, 0.1) is 6.61 Å². The molecule has 0 saturated carbocycles. The molecule has 0 unspecified atom stereocenters. The Morgan fingerprint density at radius 1 is 1.33 bits per heavy atom. The first-order chi connectivity index (χ1) is 5.77. The van der Waals surface area contributed by atoms with Crippen LogP contribution in [0.15, 0.2) is 18.2 Å². The highest BCUT2D eigenvalue weighted by Gasteiger charge is 2.00. The number of nitrogen functional groups attached to an aromatic ring is 1. The molecule has 2 N–H and O–H groups in total. The first-order valence-corrected chi connectivity index (χ1v) is 4.29. The van der Waals surface area contributed by atoms with Crippen molar-refractivity contribution in [2.75, 3.05) is 12.3 Å². The normalized spacial score (nSPS) is 9.83. The number of hydrogen-bond acceptors (Lipinski definition) is 2. The van der Waals surface area contributed by atoms with Crippen LogP contribution in [0.4, 0.5) is 5.69 Å². The number of rotatable bonds is 3. The third-order valence-corrected chi connectivity index (χ3v) is 1.77. The van der Waals surface area contributed by atoms with E-state index in [0.717, 1.165) is 17.9 Å². The number of benzene rings is 1. The largest absolute Gasteiger partial charge is 0.494 e. The molecule has 0 aliphatic carbocycles. The molecule has 0 bridgehead atoms. The zero-order valence-corrected chi connectivity index (χ0v) is 7.63. The van der Waals surface area contributed by atoms with Gasteiger partial charge in [0.2, 0.25) is 0 Å². The Labute approximate surface area is 73.3 Å². The number of anilines is 1. The van der Waals surface area contributed by atoms with Crippen molar-refractivity contribution in [2.24, 2.45) is 0 Å². The summed E-state index contributed by atoms with van der Waals surface area (Å²) in [7, 11) is 0. The third kappa shape index (κ3) is 1.91. The molecule has 1 rings (SSSR count). The van der Waals surface area contributed by atoms with Gasteiger partial charge in [-0.25, -0.2) is 0 Å². The number of hydrogen-bond donors (Lipinski definition) is 1. The maximum Gasteiger partial charge on any atom is 0.122 e. The third-order valence-electron chi connectivity index (χ3n) is 1.77. The van der Waals surface area contributed by atoms with Crippen LogP contribution in [0.2, 0.25) is 0 Å². The van der Waals surface area contributed by atoms with Gasteiger partial charge < -0.3 is 10.5 Å². The van der Waals surface area contributed by atoms with Gasteiger partial charge in [-0.15, -0.1) is 0 Å². The van der Waals surface area contributed by atoms with E-state index in [2.05, 4.69) is 6.92 Å². The van der Waals surface area contributed by atoms with E-state index in [1.807, 2.05) is 25.1 Å². The highest BCUT2D eigenvalue weighted by Crippen LogP contribution is 2.21. The van der Waals surface area contributed by atoms with Crippen molar-refractivity contribution >= 4 is 5.69 Å². The van der Waals surface area contributed by atoms with Crippen molar-refractivity contribution in [3.63, 3.8) is 0 Å². The summed E-state index contributed by atoms with van der Waals surface area (Å²) in [4.78, 5) is 0. The van der Waals surface area contributed by atoms with Crippen LogP contribution in [0, 0.1) is 0 Å². The van der Waals surface area contributed by atoms with Gasteiger partial charge >= 0.3 is 0 Å². The van der Waals surface area contributed by atoms with E-state index in [4.69, 9.17) is 10.5 Å². The van der Waals surface area contributed by atoms with Crippen LogP contribution in [0.5, 0.6) is 5.75 Å². The van der Waals surface area contributed by atoms with E-state index < -0.39 is 0 Å². The summed E-state index contributed by atoms with van der Waals surface area (Å²) in [5.41, 5.74) is 7.62. The lowest BCUT2D eigenvalue weighted by Crippen LogP contribution is -1.97. The molecule has 1 aromatic rings. The molecule has 0 fully saturated rings. The summed E-state index contributed by atoms with van der Waals surface area (Å²) in [6, 6.07) is 5.76. The molecule has 1 aromatic carbocycles. The van der Waals surface area contributed by atoms with Gasteiger partial charge in [0.25, 0.3) is 0 Å². The molecule has 2 heteroatoms. The van der Waals surface area contributed by atoms with Crippen molar-refractivity contribution < 1.29 is 4.74 Å². The molecule has 0 spiro atoms. The SMILES string of the molecule is CCOc1ccc(N)cc1CC. The molecule has 12 heavy (non-hydrogen) atoms. The van der Waals surface area contributed by atoms with Crippen LogP contribution in [0.25, 0.3) is 0 Å². The van der Waals surface area contributed by atoms with Crippen molar-refractivity contribution in [1.82, 2.24) is 0 Å². The highest BCUT2D eigenvalue weighted by molar-refractivity contribution is 5.47. The standard InChI is InChI=1S/C10H15NO/c1-3-8-7-9(11)5-6-10(8)12-4-2/h5-7H,3-4,11H2,1-2H3. The average Bonchev–Trinajstić information content (AvgIpc) is 2.08. The summed E-state index contributed by atoms with van der Waals surface area (Å²) >= 11 is 0. The molecule has 66 valence electrons. The number of aryl methyl sites for hydroxylation is 1. The molecular weight excluding hydrogens is 150 g/mol. The van der Waals surface area contributed by atoms with Crippen molar-refractivity contribution in [3.05, 3.63) is 23.8 Å². The van der Waals surface area contributed by atoms with Gasteiger partial charge in [-0.3, -0.25) is 0 Å². The Hall–Kier alpha value is -1.18. The fourth-order valence-electron chi connectivity index (χ4n) is 1.17. The van der Waals surface area contributed by atoms with Crippen molar-refractivity contribution in [2.45, 2.75) is 20.3 Å². The smallest absolute Gasteiger partial charge is 0.122 e. The Bertz CT molecular complexity index is 258. The summed E-state index contributed by atoms with van der Waals surface area (Å²) in [6.07, 6.45) is 0.959. The van der Waals surface area contributed by atoms with Gasteiger partial charge in [0.15, 0.2) is 0 Å². The summed E-state index contributed by atoms with van der Waals surface area (Å²) in [5.74, 6) is 0.953. The van der Waals surface area contributed by atoms with Crippen LogP contribution < -0.4 is 10.5 Å². The Morgan fingerprint density at radius 3 is 2.67 bits per heavy atom. The maximum absolute atomic E-state index is 5.64. The highest BCUT2D eigenvalue weighted by atomic mass is 16.5. The Kier molecular flexibility index (Phi) is 2.97. The van der Waals surface area contributed by atoms with E-state index in [1.54, 1.807) is 0 Å². The molecule has 2 nitrogen and oxygen atoms in total. The van der Waals surface area contributed by atoms with Crippen molar-refractivity contribution in [1.29, 1.82) is 0 Å². The lowest BCUT2D eigenvalue weighted by Gasteiger charge is -2.08. The second-order valence-corrected chi connectivity index (χ2v) is 2.65. The topological polar surface area (TPSA) is 35.2 Å². The minimum absolute atomic E-state index is 0.705. The molecule has 0 saturated heterocycles. The fraction of sp³-hybridized carbons (Fsp3) is 0.400.